The monoisotopic (exact) mass is 958 g/mol. The Morgan fingerprint density at radius 3 is 2.04 bits per heavy atom. The van der Waals surface area contributed by atoms with Crippen molar-refractivity contribution >= 4 is 52.8 Å². The van der Waals surface area contributed by atoms with Gasteiger partial charge in [-0.05, 0) is 56.0 Å². The predicted octanol–water partition coefficient (Wildman–Crippen LogP) is 4.94. The highest BCUT2D eigenvalue weighted by atomic mass is 16.6. The third-order valence-electron chi connectivity index (χ3n) is 10.7. The van der Waals surface area contributed by atoms with E-state index in [1.165, 1.54) is 26.1 Å². The third kappa shape index (κ3) is 20.1. The van der Waals surface area contributed by atoms with Gasteiger partial charge in [0.15, 0.2) is 0 Å². The summed E-state index contributed by atoms with van der Waals surface area (Å²) in [7, 11) is 1.25. The number of para-hydroxylation sites is 1. The molecule has 3 aromatic carbocycles. The highest BCUT2D eigenvalue weighted by molar-refractivity contribution is 5.95. The lowest BCUT2D eigenvalue weighted by Gasteiger charge is -2.26. The number of nitro benzene ring substituents is 1. The normalized spacial score (nSPS) is 11.9. The largest absolute Gasteiger partial charge is 0.480 e. The van der Waals surface area contributed by atoms with Crippen molar-refractivity contribution in [3.8, 4) is 11.8 Å². The van der Waals surface area contributed by atoms with Gasteiger partial charge in [0, 0.05) is 74.6 Å². The summed E-state index contributed by atoms with van der Waals surface area (Å²) < 4.78 is 27.1. The summed E-state index contributed by atoms with van der Waals surface area (Å²) in [6.07, 6.45) is 2.15. The van der Waals surface area contributed by atoms with Crippen LogP contribution in [0.1, 0.15) is 80.5 Å². The average molecular weight is 959 g/mol. The van der Waals surface area contributed by atoms with E-state index in [0.717, 1.165) is 46.2 Å². The van der Waals surface area contributed by atoms with Crippen LogP contribution in [0.2, 0.25) is 0 Å². The number of carbonyl (C=O) groups is 6. The number of hydrogen-bond donors (Lipinski definition) is 4. The minimum atomic E-state index is -1.24. The van der Waals surface area contributed by atoms with Gasteiger partial charge in [0.1, 0.15) is 12.6 Å². The number of non-ortho nitro benzene ring substituents is 1. The number of likely N-dealkylation sites (N-methyl/N-ethyl adjacent to an activating group) is 1. The predicted molar refractivity (Wildman–Crippen MR) is 253 cm³/mol. The van der Waals surface area contributed by atoms with Crippen LogP contribution < -0.4 is 20.9 Å². The molecule has 0 unspecified atom stereocenters. The zero-order chi connectivity index (χ0) is 49.8. The van der Waals surface area contributed by atoms with Crippen molar-refractivity contribution in [2.45, 2.75) is 77.5 Å². The number of nitrogens with zero attached hydrogens (tertiary/aromatic N) is 3. The molecule has 69 heavy (non-hydrogen) atoms. The van der Waals surface area contributed by atoms with Crippen LogP contribution >= 0.6 is 0 Å². The van der Waals surface area contributed by atoms with Gasteiger partial charge in [-0.1, -0.05) is 48.6 Å². The Labute approximate surface area is 401 Å². The molecule has 20 nitrogen and oxygen atoms in total. The van der Waals surface area contributed by atoms with Gasteiger partial charge in [0.05, 0.1) is 75.7 Å². The lowest BCUT2D eigenvalue weighted by molar-refractivity contribution is -0.384. The maximum atomic E-state index is 13.4. The zero-order valence-electron chi connectivity index (χ0n) is 39.2. The van der Waals surface area contributed by atoms with E-state index in [4.69, 9.17) is 28.8 Å². The van der Waals surface area contributed by atoms with Crippen molar-refractivity contribution in [1.29, 1.82) is 0 Å². The average Bonchev–Trinajstić information content (AvgIpc) is 3.33. The van der Waals surface area contributed by atoms with Crippen LogP contribution in [0.5, 0.6) is 0 Å². The van der Waals surface area contributed by atoms with Crippen LogP contribution in [0, 0.1) is 22.0 Å². The first-order chi connectivity index (χ1) is 33.3. The van der Waals surface area contributed by atoms with E-state index in [0.29, 0.717) is 65.6 Å². The summed E-state index contributed by atoms with van der Waals surface area (Å²) in [6.45, 7) is 4.69. The lowest BCUT2D eigenvalue weighted by atomic mass is 10.0. The summed E-state index contributed by atoms with van der Waals surface area (Å²) in [6, 6.07) is 18.1. The van der Waals surface area contributed by atoms with E-state index in [9.17, 15) is 38.9 Å². The number of amides is 5. The molecule has 3 aromatic rings. The number of anilines is 2. The van der Waals surface area contributed by atoms with Crippen LogP contribution in [0.4, 0.5) is 21.9 Å². The van der Waals surface area contributed by atoms with Gasteiger partial charge in [-0.3, -0.25) is 34.2 Å². The minimum absolute atomic E-state index is 0.0382. The second kappa shape index (κ2) is 30.5. The maximum Gasteiger partial charge on any atom is 0.410 e. The SMILES string of the molecule is C[C@@H](C(=O)O)N(C)C(=O)OCc1ccc([N+](=O)[O-])cc1NC(=O)CCCC(=O)NCCOCCOCCOCCOCCC(=O)NCCCCCC(=O)N1Cc2ccccc2C#Cc2ccccc21. The van der Waals surface area contributed by atoms with Crippen LogP contribution in [0.15, 0.2) is 66.7 Å². The first kappa shape index (κ1) is 54.7. The lowest BCUT2D eigenvalue weighted by Crippen LogP contribution is -2.40. The van der Waals surface area contributed by atoms with E-state index < -0.39 is 35.5 Å². The molecule has 1 atom stereocenters. The Bertz CT molecular complexity index is 2260. The molecule has 4 N–H and O–H groups in total. The molecule has 1 aliphatic rings. The molecule has 0 aliphatic carbocycles. The molecule has 372 valence electrons. The molecule has 1 heterocycles. The number of carbonyl (C=O) groups excluding carboxylic acids is 5. The second-order valence-corrected chi connectivity index (χ2v) is 15.8. The van der Waals surface area contributed by atoms with E-state index >= 15 is 0 Å². The Hall–Kier alpha value is -6.92. The number of benzene rings is 3. The number of fused-ring (bicyclic) bond motifs is 2. The van der Waals surface area contributed by atoms with Crippen molar-refractivity contribution in [3.63, 3.8) is 0 Å². The number of carboxylic acids is 1. The standard InChI is InChI=1S/C49H62N6O14/c1-36(48(60)61)53(2)49(62)69-35-40-20-21-41(55(63)64)33-42(40)52-46(58)16-10-15-44(56)51-24-26-66-28-30-68-32-31-67-29-27-65-25-22-45(57)50-23-9-3-4-17-47(59)54-34-39-13-6-5-11-37(39)18-19-38-12-7-8-14-43(38)54/h5-8,11-14,20-21,33,36H,3-4,9-10,15-17,22-32,34-35H2,1-2H3,(H,50,57)(H,51,56)(H,52,58)(H,60,61)/t36-/m0/s1. The summed E-state index contributed by atoms with van der Waals surface area (Å²) in [5, 5.41) is 28.6. The van der Waals surface area contributed by atoms with Crippen molar-refractivity contribution in [1.82, 2.24) is 15.5 Å². The molecule has 1 aliphatic heterocycles. The van der Waals surface area contributed by atoms with Crippen LogP contribution in [0.3, 0.4) is 0 Å². The topological polar surface area (TPSA) is 255 Å². The molecule has 0 aromatic heterocycles. The molecule has 0 saturated carbocycles. The van der Waals surface area contributed by atoms with Crippen molar-refractivity contribution in [3.05, 3.63) is 99.1 Å². The molecule has 0 radical (unpaired) electrons. The van der Waals surface area contributed by atoms with Gasteiger partial charge in [0.2, 0.25) is 23.6 Å². The molecule has 20 heteroatoms. The number of aliphatic carboxylic acids is 1. The third-order valence-corrected chi connectivity index (χ3v) is 10.7. The fourth-order valence-electron chi connectivity index (χ4n) is 6.62. The van der Waals surface area contributed by atoms with Gasteiger partial charge in [0.25, 0.3) is 5.69 Å². The molecule has 5 amide bonds. The Kier molecular flexibility index (Phi) is 24.1. The minimum Gasteiger partial charge on any atom is -0.480 e. The van der Waals surface area contributed by atoms with E-state index in [1.54, 1.807) is 0 Å². The van der Waals surface area contributed by atoms with Gasteiger partial charge < -0.3 is 49.6 Å². The summed E-state index contributed by atoms with van der Waals surface area (Å²) in [4.78, 5) is 87.2. The molecule has 0 bridgehead atoms. The van der Waals surface area contributed by atoms with Gasteiger partial charge >= 0.3 is 12.1 Å². The summed E-state index contributed by atoms with van der Waals surface area (Å²) in [5.41, 5.74) is 3.58. The van der Waals surface area contributed by atoms with Gasteiger partial charge in [-0.2, -0.15) is 0 Å². The smallest absolute Gasteiger partial charge is 0.410 e. The Morgan fingerprint density at radius 1 is 0.725 bits per heavy atom. The molecule has 0 spiro atoms. The highest BCUT2D eigenvalue weighted by Gasteiger charge is 2.24. The first-order valence-electron chi connectivity index (χ1n) is 22.9. The molecule has 4 rings (SSSR count). The molecular weight excluding hydrogens is 897 g/mol. The molecule has 0 saturated heterocycles. The molecular formula is C49H62N6O14. The van der Waals surface area contributed by atoms with Crippen LogP contribution in [-0.2, 0) is 60.8 Å². The first-order valence-corrected chi connectivity index (χ1v) is 22.9. The number of ether oxygens (including phenoxy) is 5. The van der Waals surface area contributed by atoms with Crippen LogP contribution in [0.25, 0.3) is 0 Å². The quantitative estimate of drug-likeness (QED) is 0.0289. The zero-order valence-corrected chi connectivity index (χ0v) is 39.2. The molecule has 0 fully saturated rings. The number of unbranched alkanes of at least 4 members (excludes halogenated alkanes) is 2. The fraction of sp³-hybridized carbons (Fsp3) is 0.469. The second-order valence-electron chi connectivity index (χ2n) is 15.8. The Balaban J connectivity index is 0.926. The Morgan fingerprint density at radius 2 is 1.33 bits per heavy atom. The maximum absolute atomic E-state index is 13.4. The van der Waals surface area contributed by atoms with E-state index in [2.05, 4.69) is 27.8 Å². The fourth-order valence-corrected chi connectivity index (χ4v) is 6.62. The van der Waals surface area contributed by atoms with E-state index in [-0.39, 0.29) is 80.1 Å². The summed E-state index contributed by atoms with van der Waals surface area (Å²) >= 11 is 0. The van der Waals surface area contributed by atoms with Crippen LogP contribution in [-0.4, -0.2) is 130 Å². The van der Waals surface area contributed by atoms with Gasteiger partial charge in [-0.25, -0.2) is 9.59 Å². The van der Waals surface area contributed by atoms with Crippen molar-refractivity contribution in [2.75, 3.05) is 83.2 Å². The summed E-state index contributed by atoms with van der Waals surface area (Å²) in [5.74, 6) is 4.36. The number of nitrogens with one attached hydrogen (secondary N) is 3. The number of hydrogen-bond acceptors (Lipinski definition) is 13. The van der Waals surface area contributed by atoms with Crippen molar-refractivity contribution < 1.29 is 62.5 Å². The van der Waals surface area contributed by atoms with Crippen molar-refractivity contribution in [2.24, 2.45) is 0 Å². The van der Waals surface area contributed by atoms with E-state index in [1.807, 2.05) is 53.4 Å². The number of rotatable bonds is 31. The highest BCUT2D eigenvalue weighted by Crippen LogP contribution is 2.27. The number of nitro groups is 1. The number of carboxylic acid groups (broad SMARTS) is 1. The van der Waals surface area contributed by atoms with Gasteiger partial charge in [-0.15, -0.1) is 0 Å².